The number of H-pyrrole nitrogens is 1. The molecule has 1 unspecified atom stereocenters. The number of hydrogen-bond acceptors (Lipinski definition) is 3. The molecular weight excluding hydrogens is 345 g/mol. The summed E-state index contributed by atoms with van der Waals surface area (Å²) in [4.78, 5) is 25.1. The first-order valence-electron chi connectivity index (χ1n) is 8.39. The van der Waals surface area contributed by atoms with Crippen LogP contribution < -0.4 is 0 Å². The molecule has 1 aliphatic rings. The molecule has 4 rings (SSSR count). The highest BCUT2D eigenvalue weighted by Gasteiger charge is 2.36. The quantitative estimate of drug-likeness (QED) is 0.756. The Balaban J connectivity index is 1.69. The van der Waals surface area contributed by atoms with Crippen LogP contribution in [0.5, 0.6) is 0 Å². The summed E-state index contributed by atoms with van der Waals surface area (Å²) in [5.41, 5.74) is 3.48. The Morgan fingerprint density at radius 3 is 2.96 bits per heavy atom. The highest BCUT2D eigenvalue weighted by molar-refractivity contribution is 6.05. The summed E-state index contributed by atoms with van der Waals surface area (Å²) in [7, 11) is 0. The monoisotopic (exact) mass is 362 g/mol. The molecule has 5 nitrogen and oxygen atoms in total. The summed E-state index contributed by atoms with van der Waals surface area (Å²) in [5.74, 6) is -0.874. The van der Waals surface area contributed by atoms with E-state index in [4.69, 9.17) is 0 Å². The number of alkyl halides is 3. The van der Waals surface area contributed by atoms with Crippen molar-refractivity contribution < 1.29 is 18.0 Å². The third kappa shape index (κ3) is 3.00. The molecule has 0 aliphatic carbocycles. The fraction of sp³-hybridized carbons (Fsp3) is 0.389. The van der Waals surface area contributed by atoms with Crippen LogP contribution in [-0.4, -0.2) is 45.0 Å². The zero-order valence-electron chi connectivity index (χ0n) is 14.1. The topological polar surface area (TPSA) is 61.9 Å². The number of nitrogens with zero attached hydrogens (tertiary/aromatic N) is 3. The van der Waals surface area contributed by atoms with E-state index in [0.717, 1.165) is 33.2 Å². The number of nitrogens with one attached hydrogen (secondary N) is 1. The van der Waals surface area contributed by atoms with E-state index >= 15 is 0 Å². The lowest BCUT2D eigenvalue weighted by Crippen LogP contribution is -2.32. The van der Waals surface area contributed by atoms with E-state index in [1.807, 2.05) is 19.1 Å². The lowest BCUT2D eigenvalue weighted by atomic mass is 9.94. The van der Waals surface area contributed by atoms with Crippen molar-refractivity contribution in [2.75, 3.05) is 13.1 Å². The zero-order valence-corrected chi connectivity index (χ0v) is 14.1. The molecule has 1 saturated heterocycles. The number of carbonyl (C=O) groups is 1. The van der Waals surface area contributed by atoms with Gasteiger partial charge in [-0.15, -0.1) is 0 Å². The highest BCUT2D eigenvalue weighted by Crippen LogP contribution is 2.35. The van der Waals surface area contributed by atoms with Crippen LogP contribution in [0.15, 0.2) is 24.5 Å². The van der Waals surface area contributed by atoms with Crippen LogP contribution in [0.25, 0.3) is 21.9 Å². The van der Waals surface area contributed by atoms with Gasteiger partial charge in [-0.3, -0.25) is 9.78 Å². The standard InChI is InChI=1S/C18H17F3N4O/c1-10-6-13-16-12(2-4-22-14(16)8-23-17(13)24-10)11-3-5-25(9-11)15(26)7-18(19,20)21/h2,4,6,8,11H,3,5,7,9H2,1H3,(H,23,24). The van der Waals surface area contributed by atoms with Gasteiger partial charge in [0.2, 0.25) is 5.91 Å². The van der Waals surface area contributed by atoms with Crippen molar-refractivity contribution in [3.8, 4) is 0 Å². The van der Waals surface area contributed by atoms with Crippen LogP contribution in [0, 0.1) is 6.92 Å². The molecule has 0 bridgehead atoms. The number of rotatable bonds is 2. The van der Waals surface area contributed by atoms with Gasteiger partial charge in [-0.2, -0.15) is 13.2 Å². The summed E-state index contributed by atoms with van der Waals surface area (Å²) in [5, 5.41) is 1.90. The maximum atomic E-state index is 12.5. The van der Waals surface area contributed by atoms with Gasteiger partial charge in [-0.25, -0.2) is 4.98 Å². The Kier molecular flexibility index (Phi) is 3.86. The predicted molar refractivity (Wildman–Crippen MR) is 90.7 cm³/mol. The maximum absolute atomic E-state index is 12.5. The third-order valence-electron chi connectivity index (χ3n) is 4.86. The van der Waals surface area contributed by atoms with E-state index in [-0.39, 0.29) is 5.92 Å². The Morgan fingerprint density at radius 1 is 1.38 bits per heavy atom. The molecule has 26 heavy (non-hydrogen) atoms. The average molecular weight is 362 g/mol. The summed E-state index contributed by atoms with van der Waals surface area (Å²) in [6, 6.07) is 3.89. The van der Waals surface area contributed by atoms with E-state index in [9.17, 15) is 18.0 Å². The lowest BCUT2D eigenvalue weighted by molar-refractivity contribution is -0.160. The first-order valence-corrected chi connectivity index (χ1v) is 8.39. The molecule has 1 amide bonds. The van der Waals surface area contributed by atoms with Crippen molar-refractivity contribution in [3.63, 3.8) is 0 Å². The van der Waals surface area contributed by atoms with Crippen molar-refractivity contribution in [1.82, 2.24) is 19.9 Å². The van der Waals surface area contributed by atoms with Crippen molar-refractivity contribution in [2.45, 2.75) is 31.9 Å². The molecule has 1 atom stereocenters. The number of halogens is 3. The summed E-state index contributed by atoms with van der Waals surface area (Å²) in [6.45, 7) is 2.57. The van der Waals surface area contributed by atoms with Crippen molar-refractivity contribution in [3.05, 3.63) is 35.8 Å². The molecule has 3 aromatic rings. The molecule has 136 valence electrons. The number of hydrogen-bond donors (Lipinski definition) is 1. The first kappa shape index (κ1) is 16.8. The van der Waals surface area contributed by atoms with Gasteiger partial charge in [0, 0.05) is 41.7 Å². The summed E-state index contributed by atoms with van der Waals surface area (Å²) >= 11 is 0. The van der Waals surface area contributed by atoms with Crippen LogP contribution in [-0.2, 0) is 4.79 Å². The minimum absolute atomic E-state index is 0.0153. The second-order valence-corrected chi connectivity index (χ2v) is 6.75. The number of fused-ring (bicyclic) bond motifs is 3. The maximum Gasteiger partial charge on any atom is 0.397 e. The Hall–Kier alpha value is -2.64. The number of carbonyl (C=O) groups excluding carboxylic acids is 1. The minimum Gasteiger partial charge on any atom is -0.344 e. The Morgan fingerprint density at radius 2 is 2.19 bits per heavy atom. The van der Waals surface area contributed by atoms with Crippen molar-refractivity contribution in [1.29, 1.82) is 0 Å². The van der Waals surface area contributed by atoms with Gasteiger partial charge in [0.1, 0.15) is 12.1 Å². The Labute approximate surface area is 147 Å². The molecule has 0 aromatic carbocycles. The molecule has 1 fully saturated rings. The number of aromatic amines is 1. The van der Waals surface area contributed by atoms with Gasteiger partial charge in [-0.1, -0.05) is 0 Å². The number of pyridine rings is 2. The zero-order chi connectivity index (χ0) is 18.5. The second-order valence-electron chi connectivity index (χ2n) is 6.75. The van der Waals surface area contributed by atoms with Crippen molar-refractivity contribution >= 4 is 27.8 Å². The third-order valence-corrected chi connectivity index (χ3v) is 4.86. The van der Waals surface area contributed by atoms with E-state index < -0.39 is 18.5 Å². The van der Waals surface area contributed by atoms with Crippen LogP contribution in [0.4, 0.5) is 13.2 Å². The summed E-state index contributed by atoms with van der Waals surface area (Å²) in [6.07, 6.45) is -1.86. The SMILES string of the molecule is Cc1cc2c(ncc3nccc(C4CCN(C(=O)CC(F)(F)F)C4)c32)[nH]1. The molecule has 0 saturated carbocycles. The van der Waals surface area contributed by atoms with Gasteiger partial charge < -0.3 is 9.88 Å². The molecule has 0 radical (unpaired) electrons. The van der Waals surface area contributed by atoms with Gasteiger partial charge in [0.05, 0.1) is 11.7 Å². The fourth-order valence-electron chi connectivity index (χ4n) is 3.74. The molecule has 4 heterocycles. The molecule has 1 N–H and O–H groups in total. The minimum atomic E-state index is -4.47. The average Bonchev–Trinajstić information content (AvgIpc) is 3.18. The van der Waals surface area contributed by atoms with E-state index in [2.05, 4.69) is 15.0 Å². The number of aromatic nitrogens is 3. The van der Waals surface area contributed by atoms with Crippen LogP contribution in [0.2, 0.25) is 0 Å². The van der Waals surface area contributed by atoms with E-state index in [1.54, 1.807) is 12.4 Å². The fourth-order valence-corrected chi connectivity index (χ4v) is 3.74. The second kappa shape index (κ2) is 5.96. The van der Waals surface area contributed by atoms with Gasteiger partial charge >= 0.3 is 6.18 Å². The first-order chi connectivity index (χ1) is 12.3. The smallest absolute Gasteiger partial charge is 0.344 e. The van der Waals surface area contributed by atoms with Gasteiger partial charge in [0.25, 0.3) is 0 Å². The molecule has 8 heteroatoms. The van der Waals surface area contributed by atoms with Crippen LogP contribution in [0.3, 0.4) is 0 Å². The van der Waals surface area contributed by atoms with Crippen molar-refractivity contribution in [2.24, 2.45) is 0 Å². The van der Waals surface area contributed by atoms with E-state index in [1.165, 1.54) is 4.90 Å². The predicted octanol–water partition coefficient (Wildman–Crippen LogP) is 3.69. The van der Waals surface area contributed by atoms with Crippen LogP contribution >= 0.6 is 0 Å². The number of likely N-dealkylation sites (tertiary alicyclic amines) is 1. The highest BCUT2D eigenvalue weighted by atomic mass is 19.4. The van der Waals surface area contributed by atoms with Crippen LogP contribution in [0.1, 0.15) is 30.0 Å². The van der Waals surface area contributed by atoms with Gasteiger partial charge in [-0.05, 0) is 31.0 Å². The normalized spacial score (nSPS) is 18.2. The molecule has 3 aromatic heterocycles. The Bertz CT molecular complexity index is 995. The largest absolute Gasteiger partial charge is 0.397 e. The molecule has 1 aliphatic heterocycles. The van der Waals surface area contributed by atoms with E-state index in [0.29, 0.717) is 19.5 Å². The summed E-state index contributed by atoms with van der Waals surface area (Å²) < 4.78 is 37.5. The molecule has 0 spiro atoms. The lowest BCUT2D eigenvalue weighted by Gasteiger charge is -2.18. The number of amides is 1. The molecular formula is C18H17F3N4O. The number of aryl methyl sites for hydroxylation is 1. The van der Waals surface area contributed by atoms with Gasteiger partial charge in [0.15, 0.2) is 0 Å².